The first-order valence-electron chi connectivity index (χ1n) is 5.04. The molecule has 1 heterocycles. The van der Waals surface area contributed by atoms with Crippen LogP contribution in [0, 0.1) is 0 Å². The molecule has 0 atom stereocenters. The van der Waals surface area contributed by atoms with Gasteiger partial charge in [-0.3, -0.25) is 4.79 Å². The lowest BCUT2D eigenvalue weighted by molar-refractivity contribution is 0.0952. The van der Waals surface area contributed by atoms with Gasteiger partial charge in [0.15, 0.2) is 0 Å². The van der Waals surface area contributed by atoms with Crippen molar-refractivity contribution in [3.8, 4) is 5.88 Å². The maximum Gasteiger partial charge on any atom is 0.256 e. The quantitative estimate of drug-likeness (QED) is 0.813. The maximum absolute atomic E-state index is 11.7. The fourth-order valence-electron chi connectivity index (χ4n) is 1.27. The van der Waals surface area contributed by atoms with Crippen LogP contribution in [0.4, 0.5) is 0 Å². The lowest BCUT2D eigenvalue weighted by Crippen LogP contribution is -2.23. The van der Waals surface area contributed by atoms with Gasteiger partial charge in [-0.25, -0.2) is 4.98 Å². The second-order valence-corrected chi connectivity index (χ2v) is 3.11. The average Bonchev–Trinajstić information content (AvgIpc) is 2.28. The number of ether oxygens (including phenoxy) is 1. The minimum atomic E-state index is -0.142. The van der Waals surface area contributed by atoms with E-state index in [2.05, 4.69) is 10.3 Å². The predicted octanol–water partition coefficient (Wildman–Crippen LogP) is 1.40. The van der Waals surface area contributed by atoms with Crippen LogP contribution in [0.15, 0.2) is 12.3 Å². The number of rotatable bonds is 4. The third kappa shape index (κ3) is 2.68. The molecule has 4 nitrogen and oxygen atoms in total. The molecular formula is C11H16N2O2. The molecule has 82 valence electrons. The van der Waals surface area contributed by atoms with Crippen LogP contribution < -0.4 is 10.1 Å². The van der Waals surface area contributed by atoms with E-state index in [4.69, 9.17) is 4.74 Å². The van der Waals surface area contributed by atoms with Crippen molar-refractivity contribution in [2.45, 2.75) is 20.3 Å². The number of amides is 1. The highest BCUT2D eigenvalue weighted by Crippen LogP contribution is 2.16. The Morgan fingerprint density at radius 1 is 1.53 bits per heavy atom. The van der Waals surface area contributed by atoms with E-state index >= 15 is 0 Å². The molecule has 4 heteroatoms. The summed E-state index contributed by atoms with van der Waals surface area (Å²) in [7, 11) is 1.51. The molecule has 15 heavy (non-hydrogen) atoms. The van der Waals surface area contributed by atoms with Crippen LogP contribution in [0.1, 0.15) is 29.8 Å². The van der Waals surface area contributed by atoms with Crippen LogP contribution in [0.3, 0.4) is 0 Å². The van der Waals surface area contributed by atoms with Gasteiger partial charge in [0, 0.05) is 12.7 Å². The topological polar surface area (TPSA) is 51.2 Å². The first-order chi connectivity index (χ1) is 7.22. The van der Waals surface area contributed by atoms with Crippen molar-refractivity contribution in [2.24, 2.45) is 0 Å². The zero-order valence-electron chi connectivity index (χ0n) is 9.33. The van der Waals surface area contributed by atoms with Gasteiger partial charge in [0.2, 0.25) is 5.88 Å². The Bertz CT molecular complexity index is 350. The summed E-state index contributed by atoms with van der Waals surface area (Å²) in [5, 5.41) is 2.73. The first-order valence-corrected chi connectivity index (χ1v) is 5.04. The van der Waals surface area contributed by atoms with E-state index in [9.17, 15) is 4.79 Å². The number of pyridine rings is 1. The second kappa shape index (κ2) is 5.34. The zero-order chi connectivity index (χ0) is 11.3. The minimum absolute atomic E-state index is 0.142. The number of carbonyl (C=O) groups is 1. The fourth-order valence-corrected chi connectivity index (χ4v) is 1.27. The van der Waals surface area contributed by atoms with Gasteiger partial charge in [-0.1, -0.05) is 6.92 Å². The largest absolute Gasteiger partial charge is 0.480 e. The standard InChI is InChI=1S/C11H16N2O2/c1-4-8-6-9(10(14)12-5-2)11(15-3)13-7-8/h6-7H,4-5H2,1-3H3,(H,12,14). The highest BCUT2D eigenvalue weighted by molar-refractivity contribution is 5.96. The molecule has 0 fully saturated rings. The number of hydrogen-bond acceptors (Lipinski definition) is 3. The van der Waals surface area contributed by atoms with Crippen molar-refractivity contribution in [1.29, 1.82) is 0 Å². The van der Waals surface area contributed by atoms with Crippen LogP contribution in [0.5, 0.6) is 5.88 Å². The Hall–Kier alpha value is -1.58. The molecule has 0 unspecified atom stereocenters. The van der Waals surface area contributed by atoms with Crippen LogP contribution in [0.25, 0.3) is 0 Å². The molecule has 0 aromatic carbocycles. The van der Waals surface area contributed by atoms with E-state index in [0.29, 0.717) is 18.0 Å². The molecule has 1 aromatic heterocycles. The predicted molar refractivity (Wildman–Crippen MR) is 58.2 cm³/mol. The fraction of sp³-hybridized carbons (Fsp3) is 0.455. The van der Waals surface area contributed by atoms with E-state index in [-0.39, 0.29) is 5.91 Å². The lowest BCUT2D eigenvalue weighted by Gasteiger charge is -2.08. The Balaban J connectivity index is 3.05. The summed E-state index contributed by atoms with van der Waals surface area (Å²) < 4.78 is 5.04. The van der Waals surface area contributed by atoms with Crippen LogP contribution in [0.2, 0.25) is 0 Å². The van der Waals surface area contributed by atoms with E-state index in [1.165, 1.54) is 7.11 Å². The van der Waals surface area contributed by atoms with Gasteiger partial charge in [-0.15, -0.1) is 0 Å². The van der Waals surface area contributed by atoms with E-state index in [1.807, 2.05) is 19.9 Å². The minimum Gasteiger partial charge on any atom is -0.480 e. The van der Waals surface area contributed by atoms with Crippen molar-refractivity contribution < 1.29 is 9.53 Å². The summed E-state index contributed by atoms with van der Waals surface area (Å²) in [6.07, 6.45) is 2.57. The molecule has 1 rings (SSSR count). The Morgan fingerprint density at radius 2 is 2.27 bits per heavy atom. The molecule has 1 amide bonds. The normalized spacial score (nSPS) is 9.80. The number of aromatic nitrogens is 1. The zero-order valence-corrected chi connectivity index (χ0v) is 9.33. The average molecular weight is 208 g/mol. The third-order valence-electron chi connectivity index (χ3n) is 2.09. The van der Waals surface area contributed by atoms with Crippen molar-refractivity contribution in [1.82, 2.24) is 10.3 Å². The smallest absolute Gasteiger partial charge is 0.256 e. The molecule has 0 radical (unpaired) electrons. The molecule has 0 aliphatic heterocycles. The molecule has 0 bridgehead atoms. The number of methoxy groups -OCH3 is 1. The van der Waals surface area contributed by atoms with Gasteiger partial charge < -0.3 is 10.1 Å². The summed E-state index contributed by atoms with van der Waals surface area (Å²) in [5.41, 5.74) is 1.52. The molecule has 0 aliphatic rings. The Kier molecular flexibility index (Phi) is 4.09. The number of nitrogens with zero attached hydrogens (tertiary/aromatic N) is 1. The van der Waals surface area contributed by atoms with Gasteiger partial charge in [0.05, 0.1) is 7.11 Å². The van der Waals surface area contributed by atoms with Crippen molar-refractivity contribution in [2.75, 3.05) is 13.7 Å². The van der Waals surface area contributed by atoms with E-state index in [0.717, 1.165) is 12.0 Å². The van der Waals surface area contributed by atoms with Crippen molar-refractivity contribution in [3.63, 3.8) is 0 Å². The van der Waals surface area contributed by atoms with Gasteiger partial charge in [0.25, 0.3) is 5.91 Å². The number of nitrogens with one attached hydrogen (secondary N) is 1. The molecule has 0 saturated heterocycles. The van der Waals surface area contributed by atoms with Crippen molar-refractivity contribution >= 4 is 5.91 Å². The van der Waals surface area contributed by atoms with E-state index in [1.54, 1.807) is 6.20 Å². The van der Waals surface area contributed by atoms with Gasteiger partial charge in [-0.05, 0) is 25.0 Å². The number of hydrogen-bond donors (Lipinski definition) is 1. The summed E-state index contributed by atoms with van der Waals surface area (Å²) in [6, 6.07) is 1.82. The Labute approximate surface area is 89.7 Å². The molecule has 0 spiro atoms. The van der Waals surface area contributed by atoms with Gasteiger partial charge in [0.1, 0.15) is 5.56 Å². The number of carbonyl (C=O) groups excluding carboxylic acids is 1. The maximum atomic E-state index is 11.7. The second-order valence-electron chi connectivity index (χ2n) is 3.11. The van der Waals surface area contributed by atoms with Crippen LogP contribution >= 0.6 is 0 Å². The van der Waals surface area contributed by atoms with Gasteiger partial charge in [-0.2, -0.15) is 0 Å². The highest BCUT2D eigenvalue weighted by atomic mass is 16.5. The third-order valence-corrected chi connectivity index (χ3v) is 2.09. The lowest BCUT2D eigenvalue weighted by atomic mass is 10.1. The molecule has 0 saturated carbocycles. The monoisotopic (exact) mass is 208 g/mol. The summed E-state index contributed by atoms with van der Waals surface area (Å²) >= 11 is 0. The molecule has 1 N–H and O–H groups in total. The number of aryl methyl sites for hydroxylation is 1. The Morgan fingerprint density at radius 3 is 2.80 bits per heavy atom. The van der Waals surface area contributed by atoms with E-state index < -0.39 is 0 Å². The molecule has 0 aliphatic carbocycles. The first kappa shape index (κ1) is 11.5. The van der Waals surface area contributed by atoms with Gasteiger partial charge >= 0.3 is 0 Å². The summed E-state index contributed by atoms with van der Waals surface area (Å²) in [4.78, 5) is 15.7. The highest BCUT2D eigenvalue weighted by Gasteiger charge is 2.12. The molecular weight excluding hydrogens is 192 g/mol. The molecule has 1 aromatic rings. The van der Waals surface area contributed by atoms with Crippen LogP contribution in [-0.2, 0) is 6.42 Å². The van der Waals surface area contributed by atoms with Crippen LogP contribution in [-0.4, -0.2) is 24.5 Å². The van der Waals surface area contributed by atoms with Crippen molar-refractivity contribution in [3.05, 3.63) is 23.4 Å². The SMILES string of the molecule is CCNC(=O)c1cc(CC)cnc1OC. The summed E-state index contributed by atoms with van der Waals surface area (Å²) in [6.45, 7) is 4.49. The summed E-state index contributed by atoms with van der Waals surface area (Å²) in [5.74, 6) is 0.232.